The summed E-state index contributed by atoms with van der Waals surface area (Å²) in [5, 5.41) is 3.02. The first-order chi connectivity index (χ1) is 12.1. The zero-order valence-electron chi connectivity index (χ0n) is 13.9. The summed E-state index contributed by atoms with van der Waals surface area (Å²) in [7, 11) is -3.72. The van der Waals surface area contributed by atoms with E-state index in [1.165, 1.54) is 18.9 Å². The van der Waals surface area contributed by atoms with Gasteiger partial charge >= 0.3 is 0 Å². The van der Waals surface area contributed by atoms with Crippen LogP contribution in [0, 0.1) is 0 Å². The molecule has 1 amide bonds. The third-order valence-electron chi connectivity index (χ3n) is 4.40. The number of carbonyl (C=O) groups is 1. The lowest BCUT2D eigenvalue weighted by molar-refractivity contribution is -0.121. The van der Waals surface area contributed by atoms with Crippen LogP contribution in [-0.2, 0) is 14.8 Å². The molecule has 0 radical (unpaired) electrons. The van der Waals surface area contributed by atoms with Crippen LogP contribution in [0.4, 0.5) is 0 Å². The van der Waals surface area contributed by atoms with Crippen molar-refractivity contribution in [3.63, 3.8) is 0 Å². The monoisotopic (exact) mass is 382 g/mol. The van der Waals surface area contributed by atoms with Crippen molar-refractivity contribution >= 4 is 38.7 Å². The van der Waals surface area contributed by atoms with Gasteiger partial charge in [-0.1, -0.05) is 31.7 Å². The zero-order valence-corrected chi connectivity index (χ0v) is 15.5. The van der Waals surface area contributed by atoms with Gasteiger partial charge in [0.05, 0.1) is 11.7 Å². The number of fused-ring (bicyclic) bond motifs is 1. The predicted molar refractivity (Wildman–Crippen MR) is 96.9 cm³/mol. The van der Waals surface area contributed by atoms with Crippen molar-refractivity contribution in [3.8, 4) is 0 Å². The van der Waals surface area contributed by atoms with Gasteiger partial charge in [0.2, 0.25) is 15.9 Å². The van der Waals surface area contributed by atoms with E-state index in [0.29, 0.717) is 11.0 Å². The Labute approximate surface area is 151 Å². The largest absolute Gasteiger partial charge is 0.353 e. The predicted octanol–water partition coefficient (Wildman–Crippen LogP) is 2.20. The standard InChI is InChI=1S/C16H22N4O3S2/c21-15(18-12-6-3-1-2-4-7-12)10-11-17-25(22,23)14-9-5-8-13-16(14)20-24-19-13/h5,8-9,12,17H,1-4,6-7,10-11H2,(H,18,21). The molecule has 9 heteroatoms. The van der Waals surface area contributed by atoms with Gasteiger partial charge in [-0.15, -0.1) is 0 Å². The fraction of sp³-hybridized carbons (Fsp3) is 0.562. The van der Waals surface area contributed by atoms with Crippen LogP contribution in [-0.4, -0.2) is 35.7 Å². The highest BCUT2D eigenvalue weighted by atomic mass is 32.2. The third kappa shape index (κ3) is 4.74. The minimum Gasteiger partial charge on any atom is -0.353 e. The van der Waals surface area contributed by atoms with Crippen molar-refractivity contribution in [3.05, 3.63) is 18.2 Å². The Kier molecular flexibility index (Phi) is 5.98. The lowest BCUT2D eigenvalue weighted by Gasteiger charge is -2.16. The van der Waals surface area contributed by atoms with Gasteiger partial charge in [0.1, 0.15) is 15.9 Å². The molecule has 2 N–H and O–H groups in total. The van der Waals surface area contributed by atoms with E-state index in [0.717, 1.165) is 37.4 Å². The summed E-state index contributed by atoms with van der Waals surface area (Å²) in [5.41, 5.74) is 0.918. The molecule has 1 aliphatic carbocycles. The summed E-state index contributed by atoms with van der Waals surface area (Å²) in [6.45, 7) is 0.0643. The van der Waals surface area contributed by atoms with Crippen LogP contribution >= 0.6 is 11.7 Å². The average molecular weight is 383 g/mol. The molecule has 1 aromatic carbocycles. The first-order valence-corrected chi connectivity index (χ1v) is 10.8. The molecule has 2 aromatic rings. The normalized spacial score (nSPS) is 16.6. The molecule has 0 saturated heterocycles. The summed E-state index contributed by atoms with van der Waals surface area (Å²) in [6.07, 6.45) is 6.88. The maximum Gasteiger partial charge on any atom is 0.242 e. The highest BCUT2D eigenvalue weighted by Gasteiger charge is 2.20. The maximum atomic E-state index is 12.5. The second-order valence-electron chi connectivity index (χ2n) is 6.29. The number of nitrogens with one attached hydrogen (secondary N) is 2. The van der Waals surface area contributed by atoms with Crippen molar-refractivity contribution in [1.29, 1.82) is 0 Å². The van der Waals surface area contributed by atoms with Crippen molar-refractivity contribution in [2.24, 2.45) is 0 Å². The van der Waals surface area contributed by atoms with Crippen LogP contribution < -0.4 is 10.0 Å². The summed E-state index contributed by atoms with van der Waals surface area (Å²) in [5.74, 6) is -0.108. The number of carbonyl (C=O) groups excluding carboxylic acids is 1. The van der Waals surface area contributed by atoms with E-state index in [9.17, 15) is 13.2 Å². The summed E-state index contributed by atoms with van der Waals surface area (Å²) in [4.78, 5) is 12.2. The van der Waals surface area contributed by atoms with Crippen LogP contribution in [0.2, 0.25) is 0 Å². The van der Waals surface area contributed by atoms with Gasteiger partial charge in [-0.05, 0) is 25.0 Å². The molecule has 1 heterocycles. The summed E-state index contributed by atoms with van der Waals surface area (Å²) in [6, 6.07) is 5.08. The quantitative estimate of drug-likeness (QED) is 0.746. The smallest absolute Gasteiger partial charge is 0.242 e. The molecule has 0 bridgehead atoms. The highest BCUT2D eigenvalue weighted by molar-refractivity contribution is 7.89. The number of hydrogen-bond acceptors (Lipinski definition) is 6. The molecule has 0 spiro atoms. The molecule has 1 aliphatic rings. The van der Waals surface area contributed by atoms with Gasteiger partial charge in [0.25, 0.3) is 0 Å². The fourth-order valence-corrected chi connectivity index (χ4v) is 4.89. The Morgan fingerprint density at radius 2 is 1.92 bits per heavy atom. The molecule has 0 unspecified atom stereocenters. The number of nitrogens with zero attached hydrogens (tertiary/aromatic N) is 2. The Hall–Kier alpha value is -1.58. The van der Waals surface area contributed by atoms with Gasteiger partial charge in [0.15, 0.2) is 0 Å². The van der Waals surface area contributed by atoms with Crippen molar-refractivity contribution in [2.45, 2.75) is 55.9 Å². The van der Waals surface area contributed by atoms with E-state index >= 15 is 0 Å². The first kappa shape index (κ1) is 18.2. The Bertz CT molecular complexity index is 827. The summed E-state index contributed by atoms with van der Waals surface area (Å²) < 4.78 is 35.5. The number of hydrogen-bond donors (Lipinski definition) is 2. The molecular formula is C16H22N4O3S2. The zero-order chi connectivity index (χ0) is 17.7. The molecule has 0 atom stereocenters. The van der Waals surface area contributed by atoms with Crippen molar-refractivity contribution in [2.75, 3.05) is 6.54 Å². The highest BCUT2D eigenvalue weighted by Crippen LogP contribution is 2.21. The Morgan fingerprint density at radius 3 is 2.68 bits per heavy atom. The van der Waals surface area contributed by atoms with E-state index in [1.54, 1.807) is 12.1 Å². The molecular weight excluding hydrogens is 360 g/mol. The molecule has 1 aromatic heterocycles. The lowest BCUT2D eigenvalue weighted by Crippen LogP contribution is -2.36. The molecule has 25 heavy (non-hydrogen) atoms. The first-order valence-electron chi connectivity index (χ1n) is 8.56. The lowest BCUT2D eigenvalue weighted by atomic mass is 10.1. The average Bonchev–Trinajstić information content (AvgIpc) is 2.92. The fourth-order valence-electron chi connectivity index (χ4n) is 3.10. The van der Waals surface area contributed by atoms with Crippen LogP contribution in [0.15, 0.2) is 23.1 Å². The maximum absolute atomic E-state index is 12.5. The number of sulfonamides is 1. The van der Waals surface area contributed by atoms with Crippen LogP contribution in [0.5, 0.6) is 0 Å². The topological polar surface area (TPSA) is 101 Å². The van der Waals surface area contributed by atoms with E-state index in [1.807, 2.05) is 0 Å². The van der Waals surface area contributed by atoms with E-state index in [2.05, 4.69) is 18.8 Å². The minimum absolute atomic E-state index is 0.0643. The van der Waals surface area contributed by atoms with Crippen LogP contribution in [0.3, 0.4) is 0 Å². The minimum atomic E-state index is -3.72. The second-order valence-corrected chi connectivity index (χ2v) is 8.56. The molecule has 3 rings (SSSR count). The van der Waals surface area contributed by atoms with Crippen LogP contribution in [0.1, 0.15) is 44.9 Å². The number of aromatic nitrogens is 2. The number of rotatable bonds is 6. The number of amides is 1. The van der Waals surface area contributed by atoms with Gasteiger partial charge in [-0.25, -0.2) is 13.1 Å². The molecule has 0 aliphatic heterocycles. The van der Waals surface area contributed by atoms with Crippen molar-refractivity contribution < 1.29 is 13.2 Å². The third-order valence-corrected chi connectivity index (χ3v) is 6.44. The Morgan fingerprint density at radius 1 is 1.16 bits per heavy atom. The van der Waals surface area contributed by atoms with Gasteiger partial charge in [0, 0.05) is 19.0 Å². The second kappa shape index (κ2) is 8.20. The molecule has 1 saturated carbocycles. The Balaban J connectivity index is 1.54. The van der Waals surface area contributed by atoms with Crippen molar-refractivity contribution in [1.82, 2.24) is 18.8 Å². The van der Waals surface area contributed by atoms with E-state index < -0.39 is 10.0 Å². The van der Waals surface area contributed by atoms with Gasteiger partial charge in [-0.2, -0.15) is 8.75 Å². The van der Waals surface area contributed by atoms with Gasteiger partial charge < -0.3 is 5.32 Å². The molecule has 136 valence electrons. The van der Waals surface area contributed by atoms with Crippen LogP contribution in [0.25, 0.3) is 11.0 Å². The van der Waals surface area contributed by atoms with Gasteiger partial charge in [-0.3, -0.25) is 4.79 Å². The molecule has 1 fully saturated rings. The SMILES string of the molecule is O=C(CCNS(=O)(=O)c1cccc2nsnc12)NC1CCCCCC1. The van der Waals surface area contributed by atoms with E-state index in [4.69, 9.17) is 0 Å². The molecule has 7 nitrogen and oxygen atoms in total. The summed E-state index contributed by atoms with van der Waals surface area (Å²) >= 11 is 0.977. The number of benzene rings is 1. The van der Waals surface area contributed by atoms with E-state index in [-0.39, 0.29) is 29.8 Å².